The molecule has 0 spiro atoms. The Morgan fingerprint density at radius 3 is 2.65 bits per heavy atom. The SMILES string of the molecule is CNC(=O)CNC(=O)c1ccc(OC)c(O)c1. The van der Waals surface area contributed by atoms with Crippen LogP contribution in [0.15, 0.2) is 18.2 Å². The van der Waals surface area contributed by atoms with E-state index >= 15 is 0 Å². The molecule has 0 unspecified atom stereocenters. The van der Waals surface area contributed by atoms with Crippen molar-refractivity contribution in [3.8, 4) is 11.5 Å². The molecule has 0 aliphatic heterocycles. The predicted molar refractivity (Wildman–Crippen MR) is 61.1 cm³/mol. The number of phenols is 1. The summed E-state index contributed by atoms with van der Waals surface area (Å²) in [4.78, 5) is 22.5. The van der Waals surface area contributed by atoms with Crippen LogP contribution < -0.4 is 15.4 Å². The van der Waals surface area contributed by atoms with Gasteiger partial charge < -0.3 is 20.5 Å². The van der Waals surface area contributed by atoms with Crippen molar-refractivity contribution in [1.29, 1.82) is 0 Å². The van der Waals surface area contributed by atoms with Crippen molar-refractivity contribution in [2.24, 2.45) is 0 Å². The van der Waals surface area contributed by atoms with Gasteiger partial charge in [0.1, 0.15) is 0 Å². The van der Waals surface area contributed by atoms with Crippen LogP contribution in [0.4, 0.5) is 0 Å². The minimum Gasteiger partial charge on any atom is -0.504 e. The standard InChI is InChI=1S/C11H14N2O4/c1-12-10(15)6-13-11(16)7-3-4-9(17-2)8(14)5-7/h3-5,14H,6H2,1-2H3,(H,12,15)(H,13,16). The normalized spacial score (nSPS) is 9.53. The molecule has 3 N–H and O–H groups in total. The van der Waals surface area contributed by atoms with Gasteiger partial charge >= 0.3 is 0 Å². The number of hydrogen-bond acceptors (Lipinski definition) is 4. The van der Waals surface area contributed by atoms with Gasteiger partial charge in [0.2, 0.25) is 5.91 Å². The molecule has 0 heterocycles. The van der Waals surface area contributed by atoms with E-state index in [1.165, 1.54) is 32.4 Å². The van der Waals surface area contributed by atoms with Gasteiger partial charge in [-0.3, -0.25) is 9.59 Å². The van der Waals surface area contributed by atoms with E-state index in [1.54, 1.807) is 0 Å². The molecule has 2 amide bonds. The largest absolute Gasteiger partial charge is 0.504 e. The first-order valence-electron chi connectivity index (χ1n) is 4.94. The van der Waals surface area contributed by atoms with E-state index in [0.717, 1.165) is 0 Å². The fraction of sp³-hybridized carbons (Fsp3) is 0.273. The highest BCUT2D eigenvalue weighted by Crippen LogP contribution is 2.25. The predicted octanol–water partition coefficient (Wildman–Crippen LogP) is -0.123. The zero-order valence-corrected chi connectivity index (χ0v) is 9.61. The van der Waals surface area contributed by atoms with E-state index in [0.29, 0.717) is 0 Å². The Bertz CT molecular complexity index is 431. The Labute approximate surface area is 98.6 Å². The maximum Gasteiger partial charge on any atom is 0.251 e. The monoisotopic (exact) mass is 238 g/mol. The summed E-state index contributed by atoms with van der Waals surface area (Å²) in [6, 6.07) is 4.25. The van der Waals surface area contributed by atoms with Crippen LogP contribution in [-0.2, 0) is 4.79 Å². The zero-order valence-electron chi connectivity index (χ0n) is 9.61. The van der Waals surface area contributed by atoms with Gasteiger partial charge in [-0.1, -0.05) is 0 Å². The van der Waals surface area contributed by atoms with E-state index in [-0.39, 0.29) is 29.5 Å². The number of aromatic hydroxyl groups is 1. The fourth-order valence-electron chi connectivity index (χ4n) is 1.18. The molecule has 1 aromatic rings. The number of benzene rings is 1. The summed E-state index contributed by atoms with van der Waals surface area (Å²) in [7, 11) is 2.90. The van der Waals surface area contributed by atoms with Crippen LogP contribution in [0.3, 0.4) is 0 Å². The number of methoxy groups -OCH3 is 1. The number of amides is 2. The molecule has 0 saturated heterocycles. The molecule has 0 aliphatic carbocycles. The summed E-state index contributed by atoms with van der Waals surface area (Å²) < 4.78 is 4.85. The quantitative estimate of drug-likeness (QED) is 0.682. The zero-order chi connectivity index (χ0) is 12.8. The van der Waals surface area contributed by atoms with Gasteiger partial charge in [0.15, 0.2) is 11.5 Å². The van der Waals surface area contributed by atoms with Crippen molar-refractivity contribution >= 4 is 11.8 Å². The van der Waals surface area contributed by atoms with Crippen molar-refractivity contribution in [3.63, 3.8) is 0 Å². The third kappa shape index (κ3) is 3.37. The molecule has 0 fully saturated rings. The van der Waals surface area contributed by atoms with Crippen LogP contribution >= 0.6 is 0 Å². The second kappa shape index (κ2) is 5.74. The maximum atomic E-state index is 11.6. The minimum atomic E-state index is -0.438. The third-order valence-corrected chi connectivity index (χ3v) is 2.13. The highest BCUT2D eigenvalue weighted by molar-refractivity contribution is 5.96. The Kier molecular flexibility index (Phi) is 4.33. The van der Waals surface area contributed by atoms with Gasteiger partial charge in [-0.05, 0) is 18.2 Å². The molecular formula is C11H14N2O4. The molecule has 1 aromatic carbocycles. The smallest absolute Gasteiger partial charge is 0.251 e. The molecule has 0 bridgehead atoms. The first kappa shape index (κ1) is 12.8. The highest BCUT2D eigenvalue weighted by atomic mass is 16.5. The number of rotatable bonds is 4. The lowest BCUT2D eigenvalue weighted by Gasteiger charge is -2.07. The van der Waals surface area contributed by atoms with Gasteiger partial charge in [-0.25, -0.2) is 0 Å². The summed E-state index contributed by atoms with van der Waals surface area (Å²) >= 11 is 0. The third-order valence-electron chi connectivity index (χ3n) is 2.13. The molecule has 6 heteroatoms. The topological polar surface area (TPSA) is 87.7 Å². The van der Waals surface area contributed by atoms with E-state index in [9.17, 15) is 14.7 Å². The van der Waals surface area contributed by atoms with Gasteiger partial charge in [0.25, 0.3) is 5.91 Å². The fourth-order valence-corrected chi connectivity index (χ4v) is 1.18. The van der Waals surface area contributed by atoms with Crippen LogP contribution in [0.5, 0.6) is 11.5 Å². The number of hydrogen-bond donors (Lipinski definition) is 3. The molecule has 0 saturated carbocycles. The number of phenolic OH excluding ortho intramolecular Hbond substituents is 1. The Hall–Kier alpha value is -2.24. The Morgan fingerprint density at radius 2 is 2.12 bits per heavy atom. The number of carbonyl (C=O) groups excluding carboxylic acids is 2. The van der Waals surface area contributed by atoms with Crippen molar-refractivity contribution in [2.45, 2.75) is 0 Å². The number of carbonyl (C=O) groups is 2. The summed E-state index contributed by atoms with van der Waals surface area (Å²) in [6.45, 7) is -0.109. The molecule has 6 nitrogen and oxygen atoms in total. The lowest BCUT2D eigenvalue weighted by atomic mass is 10.2. The van der Waals surface area contributed by atoms with E-state index < -0.39 is 5.91 Å². The molecule has 0 aromatic heterocycles. The minimum absolute atomic E-state index is 0.109. The van der Waals surface area contributed by atoms with Crippen molar-refractivity contribution in [3.05, 3.63) is 23.8 Å². The maximum absolute atomic E-state index is 11.6. The summed E-state index contributed by atoms with van der Waals surface area (Å²) in [5, 5.41) is 14.3. The number of nitrogens with one attached hydrogen (secondary N) is 2. The summed E-state index contributed by atoms with van der Waals surface area (Å²) in [5.41, 5.74) is 0.257. The average Bonchev–Trinajstić information content (AvgIpc) is 2.35. The first-order chi connectivity index (χ1) is 8.08. The van der Waals surface area contributed by atoms with Crippen LogP contribution in [0, 0.1) is 0 Å². The summed E-state index contributed by atoms with van der Waals surface area (Å²) in [5.74, 6) is -0.574. The lowest BCUT2D eigenvalue weighted by molar-refractivity contribution is -0.119. The van der Waals surface area contributed by atoms with E-state index in [2.05, 4.69) is 10.6 Å². The second-order valence-electron chi connectivity index (χ2n) is 3.24. The van der Waals surface area contributed by atoms with Gasteiger partial charge in [0, 0.05) is 12.6 Å². The Morgan fingerprint density at radius 1 is 1.41 bits per heavy atom. The molecule has 0 aliphatic rings. The molecule has 1 rings (SSSR count). The highest BCUT2D eigenvalue weighted by Gasteiger charge is 2.10. The molecular weight excluding hydrogens is 224 g/mol. The van der Waals surface area contributed by atoms with Crippen molar-refractivity contribution in [1.82, 2.24) is 10.6 Å². The Balaban J connectivity index is 2.69. The molecule has 0 atom stereocenters. The van der Waals surface area contributed by atoms with Crippen LogP contribution in [0.2, 0.25) is 0 Å². The van der Waals surface area contributed by atoms with E-state index in [4.69, 9.17) is 4.74 Å². The average molecular weight is 238 g/mol. The van der Waals surface area contributed by atoms with Gasteiger partial charge in [-0.2, -0.15) is 0 Å². The van der Waals surface area contributed by atoms with E-state index in [1.807, 2.05) is 0 Å². The van der Waals surface area contributed by atoms with Gasteiger partial charge in [0.05, 0.1) is 13.7 Å². The van der Waals surface area contributed by atoms with Crippen LogP contribution in [-0.4, -0.2) is 37.6 Å². The molecule has 0 radical (unpaired) electrons. The molecule has 92 valence electrons. The molecule has 17 heavy (non-hydrogen) atoms. The number of ether oxygens (including phenoxy) is 1. The second-order valence-corrected chi connectivity index (χ2v) is 3.24. The lowest BCUT2D eigenvalue weighted by Crippen LogP contribution is -2.35. The van der Waals surface area contributed by atoms with Crippen molar-refractivity contribution < 1.29 is 19.4 Å². The number of likely N-dealkylation sites (N-methyl/N-ethyl adjacent to an activating group) is 1. The van der Waals surface area contributed by atoms with Gasteiger partial charge in [-0.15, -0.1) is 0 Å². The summed E-state index contributed by atoms with van der Waals surface area (Å²) in [6.07, 6.45) is 0. The van der Waals surface area contributed by atoms with Crippen molar-refractivity contribution in [2.75, 3.05) is 20.7 Å². The van der Waals surface area contributed by atoms with Crippen LogP contribution in [0.1, 0.15) is 10.4 Å². The first-order valence-corrected chi connectivity index (χ1v) is 4.94. The van der Waals surface area contributed by atoms with Crippen LogP contribution in [0.25, 0.3) is 0 Å².